The Kier molecular flexibility index (Phi) is 8.10. The molecular weight excluding hydrogens is 425 g/mol. The van der Waals surface area contributed by atoms with Crippen molar-refractivity contribution in [3.63, 3.8) is 0 Å². The van der Waals surface area contributed by atoms with Gasteiger partial charge in [-0.25, -0.2) is 0 Å². The van der Waals surface area contributed by atoms with Crippen molar-refractivity contribution in [3.8, 4) is 0 Å². The minimum Gasteiger partial charge on any atom is -0.354 e. The third-order valence-electron chi connectivity index (χ3n) is 3.78. The van der Waals surface area contributed by atoms with Crippen molar-refractivity contribution in [1.29, 1.82) is 0 Å². The number of carbonyl (C=O) groups excluding carboxylic acids is 2. The monoisotopic (exact) mass is 441 g/mol. The zero-order chi connectivity index (χ0) is 20.7. The minimum atomic E-state index is -0.563. The van der Waals surface area contributed by atoms with Crippen LogP contribution in [0, 0.1) is 10.1 Å². The Morgan fingerprint density at radius 1 is 1.14 bits per heavy atom. The van der Waals surface area contributed by atoms with Crippen molar-refractivity contribution in [2.75, 3.05) is 19.3 Å². The number of nitrogens with one attached hydrogen (secondary N) is 2. The molecule has 0 bridgehead atoms. The number of nitro benzene ring substituents is 1. The maximum Gasteiger partial charge on any atom is 0.283 e. The summed E-state index contributed by atoms with van der Waals surface area (Å²) in [6.07, 6.45) is 2.22. The van der Waals surface area contributed by atoms with E-state index in [4.69, 9.17) is 23.2 Å². The van der Waals surface area contributed by atoms with Crippen LogP contribution in [0.4, 0.5) is 5.69 Å². The van der Waals surface area contributed by atoms with E-state index in [1.54, 1.807) is 24.5 Å². The second kappa shape index (κ2) is 10.3. The van der Waals surface area contributed by atoms with Gasteiger partial charge in [-0.1, -0.05) is 29.3 Å². The van der Waals surface area contributed by atoms with Gasteiger partial charge in [-0.05, 0) is 42.5 Å². The smallest absolute Gasteiger partial charge is 0.283 e. The van der Waals surface area contributed by atoms with E-state index in [-0.39, 0.29) is 23.7 Å². The van der Waals surface area contributed by atoms with Crippen LogP contribution < -0.4 is 10.6 Å². The van der Waals surface area contributed by atoms with Crippen LogP contribution in [0.1, 0.15) is 15.9 Å². The topological polar surface area (TPSA) is 101 Å². The van der Waals surface area contributed by atoms with Crippen molar-refractivity contribution in [2.45, 2.75) is 11.3 Å². The lowest BCUT2D eigenvalue weighted by molar-refractivity contribution is -0.387. The van der Waals surface area contributed by atoms with Gasteiger partial charge in [-0.3, -0.25) is 19.7 Å². The van der Waals surface area contributed by atoms with Crippen LogP contribution in [0.25, 0.3) is 0 Å². The number of hydrogen-bond acceptors (Lipinski definition) is 5. The van der Waals surface area contributed by atoms with Gasteiger partial charge < -0.3 is 10.6 Å². The number of nitro groups is 1. The van der Waals surface area contributed by atoms with Gasteiger partial charge in [-0.2, -0.15) is 0 Å². The molecule has 0 atom stereocenters. The zero-order valence-corrected chi connectivity index (χ0v) is 17.2. The van der Waals surface area contributed by atoms with Gasteiger partial charge in [0.15, 0.2) is 0 Å². The maximum atomic E-state index is 12.1. The first-order valence-electron chi connectivity index (χ1n) is 8.13. The molecule has 0 aliphatic heterocycles. The number of thioether (sulfide) groups is 1. The molecule has 0 heterocycles. The summed E-state index contributed by atoms with van der Waals surface area (Å²) in [6, 6.07) is 9.31. The lowest BCUT2D eigenvalue weighted by Gasteiger charge is -2.09. The van der Waals surface area contributed by atoms with E-state index in [0.717, 1.165) is 5.56 Å². The van der Waals surface area contributed by atoms with Crippen molar-refractivity contribution >= 4 is 52.5 Å². The van der Waals surface area contributed by atoms with Crippen LogP contribution >= 0.6 is 35.0 Å². The fourth-order valence-corrected chi connectivity index (χ4v) is 3.41. The second-order valence-corrected chi connectivity index (χ2v) is 7.35. The average Bonchev–Trinajstić information content (AvgIpc) is 2.67. The standard InChI is InChI=1S/C18H17Cl2N3O4S/c1-28-16-5-3-12(8-15(16)23(26)27)18(25)22-10-17(24)21-7-6-11-2-4-13(19)9-14(11)20/h2-5,8-9H,6-7,10H2,1H3,(H,21,24)(H,22,25). The van der Waals surface area contributed by atoms with Crippen LogP contribution in [-0.4, -0.2) is 36.1 Å². The maximum absolute atomic E-state index is 12.1. The first kappa shape index (κ1) is 22.0. The Morgan fingerprint density at radius 3 is 2.54 bits per heavy atom. The highest BCUT2D eigenvalue weighted by atomic mass is 35.5. The number of hydrogen-bond donors (Lipinski definition) is 2. The first-order chi connectivity index (χ1) is 13.3. The summed E-state index contributed by atoms with van der Waals surface area (Å²) in [4.78, 5) is 35.0. The van der Waals surface area contributed by atoms with Gasteiger partial charge in [0, 0.05) is 28.2 Å². The fourth-order valence-electron chi connectivity index (χ4n) is 2.36. The van der Waals surface area contributed by atoms with Crippen LogP contribution in [0.2, 0.25) is 10.0 Å². The lowest BCUT2D eigenvalue weighted by atomic mass is 10.1. The Bertz CT molecular complexity index is 908. The molecule has 2 aromatic carbocycles. The molecule has 0 unspecified atom stereocenters. The van der Waals surface area contributed by atoms with Crippen LogP contribution in [0.3, 0.4) is 0 Å². The van der Waals surface area contributed by atoms with E-state index in [2.05, 4.69) is 10.6 Å². The van der Waals surface area contributed by atoms with Crippen molar-refractivity contribution in [2.24, 2.45) is 0 Å². The highest BCUT2D eigenvalue weighted by molar-refractivity contribution is 7.98. The van der Waals surface area contributed by atoms with Crippen molar-refractivity contribution in [3.05, 3.63) is 67.7 Å². The summed E-state index contributed by atoms with van der Waals surface area (Å²) in [7, 11) is 0. The predicted molar refractivity (Wildman–Crippen MR) is 110 cm³/mol. The largest absolute Gasteiger partial charge is 0.354 e. The quantitative estimate of drug-likeness (QED) is 0.369. The van der Waals surface area contributed by atoms with Crippen LogP contribution in [-0.2, 0) is 11.2 Å². The lowest BCUT2D eigenvalue weighted by Crippen LogP contribution is -2.37. The number of halogens is 2. The summed E-state index contributed by atoms with van der Waals surface area (Å²) >= 11 is 13.1. The normalized spacial score (nSPS) is 10.4. The van der Waals surface area contributed by atoms with E-state index in [1.165, 1.54) is 30.0 Å². The third-order valence-corrected chi connectivity index (χ3v) is 5.15. The minimum absolute atomic E-state index is 0.116. The second-order valence-electron chi connectivity index (χ2n) is 5.66. The molecule has 0 spiro atoms. The molecule has 7 nitrogen and oxygen atoms in total. The molecule has 2 N–H and O–H groups in total. The van der Waals surface area contributed by atoms with E-state index in [9.17, 15) is 19.7 Å². The van der Waals surface area contributed by atoms with Gasteiger partial charge in [-0.15, -0.1) is 11.8 Å². The summed E-state index contributed by atoms with van der Waals surface area (Å²) in [6.45, 7) is 0.0925. The summed E-state index contributed by atoms with van der Waals surface area (Å²) in [5.41, 5.74) is 0.811. The summed E-state index contributed by atoms with van der Waals surface area (Å²) in [5, 5.41) is 17.2. The van der Waals surface area contributed by atoms with Crippen LogP contribution in [0.5, 0.6) is 0 Å². The molecule has 0 aliphatic rings. The number of benzene rings is 2. The van der Waals surface area contributed by atoms with E-state index >= 15 is 0 Å². The van der Waals surface area contributed by atoms with E-state index in [0.29, 0.717) is 27.9 Å². The first-order valence-corrected chi connectivity index (χ1v) is 10.1. The zero-order valence-electron chi connectivity index (χ0n) is 14.8. The van der Waals surface area contributed by atoms with Crippen molar-refractivity contribution < 1.29 is 14.5 Å². The molecule has 2 aromatic rings. The van der Waals surface area contributed by atoms with Gasteiger partial charge in [0.05, 0.1) is 16.4 Å². The highest BCUT2D eigenvalue weighted by Gasteiger charge is 2.17. The fraction of sp³-hybridized carbons (Fsp3) is 0.222. The van der Waals surface area contributed by atoms with E-state index < -0.39 is 10.8 Å². The van der Waals surface area contributed by atoms with Gasteiger partial charge in [0.2, 0.25) is 5.91 Å². The Labute approximate surface area is 175 Å². The molecule has 10 heteroatoms. The number of carbonyl (C=O) groups is 2. The molecule has 0 fully saturated rings. The number of amides is 2. The van der Waals surface area contributed by atoms with E-state index in [1.807, 2.05) is 0 Å². The molecule has 28 heavy (non-hydrogen) atoms. The van der Waals surface area contributed by atoms with Crippen LogP contribution in [0.15, 0.2) is 41.3 Å². The predicted octanol–water partition coefficient (Wildman–Crippen LogP) is 3.71. The Balaban J connectivity index is 1.84. The third kappa shape index (κ3) is 6.12. The molecular formula is C18H17Cl2N3O4S. The molecule has 0 saturated heterocycles. The summed E-state index contributed by atoms with van der Waals surface area (Å²) < 4.78 is 0. The highest BCUT2D eigenvalue weighted by Crippen LogP contribution is 2.28. The average molecular weight is 442 g/mol. The van der Waals surface area contributed by atoms with Gasteiger partial charge >= 0.3 is 0 Å². The number of nitrogens with zero attached hydrogens (tertiary/aromatic N) is 1. The molecule has 0 aliphatic carbocycles. The number of rotatable bonds is 8. The molecule has 0 saturated carbocycles. The summed E-state index contributed by atoms with van der Waals surface area (Å²) in [5.74, 6) is -0.944. The molecule has 2 amide bonds. The SMILES string of the molecule is CSc1ccc(C(=O)NCC(=O)NCCc2ccc(Cl)cc2Cl)cc1[N+](=O)[O-]. The molecule has 0 radical (unpaired) electrons. The van der Waals surface area contributed by atoms with Crippen molar-refractivity contribution in [1.82, 2.24) is 10.6 Å². The van der Waals surface area contributed by atoms with Gasteiger partial charge in [0.1, 0.15) is 0 Å². The van der Waals surface area contributed by atoms with Gasteiger partial charge in [0.25, 0.3) is 11.6 Å². The Morgan fingerprint density at radius 2 is 1.89 bits per heavy atom. The molecule has 148 valence electrons. The Hall–Kier alpha value is -2.29. The molecule has 0 aromatic heterocycles. The molecule has 2 rings (SSSR count).